The molecule has 0 radical (unpaired) electrons. The molecule has 26 heavy (non-hydrogen) atoms. The first-order valence-electron chi connectivity index (χ1n) is 7.36. The van der Waals surface area contributed by atoms with Crippen molar-refractivity contribution in [1.82, 2.24) is 5.32 Å². The van der Waals surface area contributed by atoms with Gasteiger partial charge in [-0.05, 0) is 35.9 Å². The summed E-state index contributed by atoms with van der Waals surface area (Å²) in [6, 6.07) is 8.57. The van der Waals surface area contributed by atoms with Crippen molar-refractivity contribution in [2.45, 2.75) is 12.3 Å². The molecule has 0 unspecified atom stereocenters. The maximum Gasteiger partial charge on any atom is 0.416 e. The van der Waals surface area contributed by atoms with Crippen molar-refractivity contribution in [1.29, 1.82) is 0 Å². The topological polar surface area (TPSA) is 58.6 Å². The van der Waals surface area contributed by atoms with Gasteiger partial charge in [0.15, 0.2) is 6.61 Å². The quantitative estimate of drug-likeness (QED) is 0.752. The Bertz CT molecular complexity index is 767. The van der Waals surface area contributed by atoms with Crippen molar-refractivity contribution in [3.63, 3.8) is 0 Å². The normalized spacial score (nSPS) is 12.5. The molecule has 2 N–H and O–H groups in total. The van der Waals surface area contributed by atoms with Gasteiger partial charge in [-0.3, -0.25) is 4.79 Å². The molecule has 0 aliphatic carbocycles. The van der Waals surface area contributed by atoms with E-state index in [4.69, 9.17) is 27.9 Å². The number of aliphatic hydroxyl groups is 1. The van der Waals surface area contributed by atoms with Gasteiger partial charge >= 0.3 is 6.18 Å². The summed E-state index contributed by atoms with van der Waals surface area (Å²) in [7, 11) is 0. The largest absolute Gasteiger partial charge is 0.482 e. The van der Waals surface area contributed by atoms with Crippen LogP contribution in [0.1, 0.15) is 17.2 Å². The molecule has 0 saturated heterocycles. The Morgan fingerprint density at radius 3 is 2.38 bits per heavy atom. The summed E-state index contributed by atoms with van der Waals surface area (Å²) in [5.41, 5.74) is -0.564. The van der Waals surface area contributed by atoms with Crippen molar-refractivity contribution in [3.05, 3.63) is 63.6 Å². The third-order valence-corrected chi connectivity index (χ3v) is 3.90. The van der Waals surface area contributed by atoms with Gasteiger partial charge in [-0.2, -0.15) is 13.2 Å². The maximum absolute atomic E-state index is 12.5. The van der Waals surface area contributed by atoms with Crippen LogP contribution in [0.25, 0.3) is 0 Å². The van der Waals surface area contributed by atoms with Crippen LogP contribution in [0.2, 0.25) is 10.0 Å². The average Bonchev–Trinajstić information content (AvgIpc) is 2.58. The summed E-state index contributed by atoms with van der Waals surface area (Å²) in [5, 5.41) is 13.0. The third kappa shape index (κ3) is 5.79. The Morgan fingerprint density at radius 1 is 1.15 bits per heavy atom. The first-order valence-corrected chi connectivity index (χ1v) is 8.12. The predicted octanol–water partition coefficient (Wildman–Crippen LogP) is 4.24. The number of nitrogens with one attached hydrogen (secondary N) is 1. The zero-order valence-corrected chi connectivity index (χ0v) is 14.7. The fourth-order valence-electron chi connectivity index (χ4n) is 2.01. The van der Waals surface area contributed by atoms with Crippen LogP contribution in [0.3, 0.4) is 0 Å². The second kappa shape index (κ2) is 8.62. The van der Waals surface area contributed by atoms with Crippen LogP contribution >= 0.6 is 23.2 Å². The van der Waals surface area contributed by atoms with Gasteiger partial charge in [0.05, 0.1) is 16.7 Å². The second-order valence-electron chi connectivity index (χ2n) is 5.30. The SMILES string of the molecule is O=C(COc1ccc(Cl)cc1Cl)NC[C@H](O)c1ccc(C(F)(F)F)cc1. The van der Waals surface area contributed by atoms with Gasteiger partial charge in [-0.1, -0.05) is 35.3 Å². The number of carbonyl (C=O) groups is 1. The third-order valence-electron chi connectivity index (χ3n) is 3.37. The lowest BCUT2D eigenvalue weighted by atomic mass is 10.1. The molecule has 0 bridgehead atoms. The van der Waals surface area contributed by atoms with Gasteiger partial charge in [-0.25, -0.2) is 0 Å². The Kier molecular flexibility index (Phi) is 6.75. The van der Waals surface area contributed by atoms with E-state index >= 15 is 0 Å². The lowest BCUT2D eigenvalue weighted by Crippen LogP contribution is -2.32. The van der Waals surface area contributed by atoms with Crippen LogP contribution in [0.5, 0.6) is 5.75 Å². The summed E-state index contributed by atoms with van der Waals surface area (Å²) in [6.45, 7) is -0.525. The number of aliphatic hydroxyl groups excluding tert-OH is 1. The average molecular weight is 408 g/mol. The molecular weight excluding hydrogens is 394 g/mol. The Labute approximate surface area is 157 Å². The van der Waals surface area contributed by atoms with Crippen LogP contribution in [-0.2, 0) is 11.0 Å². The second-order valence-corrected chi connectivity index (χ2v) is 6.15. The van der Waals surface area contributed by atoms with Crippen molar-refractivity contribution in [2.75, 3.05) is 13.2 Å². The fourth-order valence-corrected chi connectivity index (χ4v) is 2.47. The van der Waals surface area contributed by atoms with Crippen LogP contribution in [0, 0.1) is 0 Å². The molecule has 0 aliphatic rings. The molecule has 1 atom stereocenters. The van der Waals surface area contributed by atoms with Crippen LogP contribution in [0.4, 0.5) is 13.2 Å². The number of carbonyl (C=O) groups excluding carboxylic acids is 1. The fraction of sp³-hybridized carbons (Fsp3) is 0.235. The minimum Gasteiger partial charge on any atom is -0.482 e. The molecule has 0 spiro atoms. The molecule has 1 amide bonds. The molecule has 2 rings (SSSR count). The van der Waals surface area contributed by atoms with Gasteiger partial charge in [0.2, 0.25) is 0 Å². The molecule has 140 valence electrons. The molecule has 0 fully saturated rings. The minimum absolute atomic E-state index is 0.179. The van der Waals surface area contributed by atoms with E-state index in [0.29, 0.717) is 5.02 Å². The van der Waals surface area contributed by atoms with E-state index in [1.54, 1.807) is 6.07 Å². The van der Waals surface area contributed by atoms with E-state index in [0.717, 1.165) is 24.3 Å². The van der Waals surface area contributed by atoms with E-state index in [9.17, 15) is 23.1 Å². The van der Waals surface area contributed by atoms with E-state index in [1.807, 2.05) is 0 Å². The summed E-state index contributed by atoms with van der Waals surface area (Å²) >= 11 is 11.7. The smallest absolute Gasteiger partial charge is 0.416 e. The summed E-state index contributed by atoms with van der Waals surface area (Å²) in [6.07, 6.45) is -5.60. The molecule has 2 aromatic carbocycles. The van der Waals surface area contributed by atoms with Crippen molar-refractivity contribution in [2.24, 2.45) is 0 Å². The van der Waals surface area contributed by atoms with Crippen molar-refractivity contribution < 1.29 is 27.8 Å². The number of halogens is 5. The molecule has 2 aromatic rings. The molecule has 0 heterocycles. The molecule has 0 aromatic heterocycles. The molecule has 4 nitrogen and oxygen atoms in total. The first kappa shape index (κ1) is 20.4. The number of hydrogen-bond donors (Lipinski definition) is 2. The van der Waals surface area contributed by atoms with Gasteiger partial charge in [0, 0.05) is 11.6 Å². The predicted molar refractivity (Wildman–Crippen MR) is 91.4 cm³/mol. The van der Waals surface area contributed by atoms with Crippen molar-refractivity contribution >= 4 is 29.1 Å². The number of amides is 1. The van der Waals surface area contributed by atoms with Crippen LogP contribution in [-0.4, -0.2) is 24.2 Å². The van der Waals surface area contributed by atoms with Gasteiger partial charge < -0.3 is 15.2 Å². The molecule has 0 saturated carbocycles. The highest BCUT2D eigenvalue weighted by atomic mass is 35.5. The highest BCUT2D eigenvalue weighted by Crippen LogP contribution is 2.30. The summed E-state index contributed by atoms with van der Waals surface area (Å²) < 4.78 is 42.7. The molecule has 9 heteroatoms. The highest BCUT2D eigenvalue weighted by Gasteiger charge is 2.30. The summed E-state index contributed by atoms with van der Waals surface area (Å²) in [5.74, 6) is -0.253. The Balaban J connectivity index is 1.83. The van der Waals surface area contributed by atoms with E-state index in [1.165, 1.54) is 12.1 Å². The highest BCUT2D eigenvalue weighted by molar-refractivity contribution is 6.35. The van der Waals surface area contributed by atoms with E-state index < -0.39 is 23.8 Å². The maximum atomic E-state index is 12.5. The van der Waals surface area contributed by atoms with Gasteiger partial charge in [-0.15, -0.1) is 0 Å². The zero-order valence-electron chi connectivity index (χ0n) is 13.2. The molecular formula is C17H14Cl2F3NO3. The van der Waals surface area contributed by atoms with Crippen molar-refractivity contribution in [3.8, 4) is 5.75 Å². The van der Waals surface area contributed by atoms with Gasteiger partial charge in [0.1, 0.15) is 5.75 Å². The van der Waals surface area contributed by atoms with Crippen LogP contribution < -0.4 is 10.1 Å². The first-order chi connectivity index (χ1) is 12.2. The number of rotatable bonds is 6. The number of hydrogen-bond acceptors (Lipinski definition) is 3. The number of alkyl halides is 3. The van der Waals surface area contributed by atoms with E-state index in [2.05, 4.69) is 5.32 Å². The van der Waals surface area contributed by atoms with Gasteiger partial charge in [0.25, 0.3) is 5.91 Å². The van der Waals surface area contributed by atoms with Crippen LogP contribution in [0.15, 0.2) is 42.5 Å². The molecule has 0 aliphatic heterocycles. The number of ether oxygens (including phenoxy) is 1. The Morgan fingerprint density at radius 2 is 1.81 bits per heavy atom. The van der Waals surface area contributed by atoms with E-state index in [-0.39, 0.29) is 29.5 Å². The number of benzene rings is 2. The monoisotopic (exact) mass is 407 g/mol. The Hall–Kier alpha value is -1.96. The zero-order chi connectivity index (χ0) is 19.3. The lowest BCUT2D eigenvalue weighted by molar-refractivity contribution is -0.137. The minimum atomic E-state index is -4.45. The standard InChI is InChI=1S/C17H14Cl2F3NO3/c18-12-5-6-15(13(19)7-12)26-9-16(25)23-8-14(24)10-1-3-11(4-2-10)17(20,21)22/h1-7,14,24H,8-9H2,(H,23,25)/t14-/m0/s1. The summed E-state index contributed by atoms with van der Waals surface area (Å²) in [4.78, 5) is 11.8. The lowest BCUT2D eigenvalue weighted by Gasteiger charge is -2.14.